The minimum atomic E-state index is -3.74. The average molecular weight is 424 g/mol. The lowest BCUT2D eigenvalue weighted by atomic mass is 10.1. The first-order chi connectivity index (χ1) is 14.3. The number of nitrogens with zero attached hydrogens (tertiary/aromatic N) is 1. The number of rotatable bonds is 7. The maximum atomic E-state index is 12.7. The van der Waals surface area contributed by atoms with Gasteiger partial charge in [-0.25, -0.2) is 8.42 Å². The highest BCUT2D eigenvalue weighted by atomic mass is 32.2. The van der Waals surface area contributed by atoms with Gasteiger partial charge in [-0.05, 0) is 73.5 Å². The van der Waals surface area contributed by atoms with Gasteiger partial charge in [0.1, 0.15) is 0 Å². The highest BCUT2D eigenvalue weighted by Gasteiger charge is 2.23. The van der Waals surface area contributed by atoms with Gasteiger partial charge in [0.15, 0.2) is 0 Å². The SMILES string of the molecule is Cc1ccc(S(=O)(=O)N(C)CC(=O)Nc2ccc(Nc3ccccc3)cc2)cc1C. The number of aryl methyl sites for hydroxylation is 2. The Morgan fingerprint density at radius 2 is 1.43 bits per heavy atom. The van der Waals surface area contributed by atoms with Crippen LogP contribution in [0.4, 0.5) is 17.1 Å². The third kappa shape index (κ3) is 5.25. The molecule has 0 aliphatic heterocycles. The van der Waals surface area contributed by atoms with Crippen LogP contribution < -0.4 is 10.6 Å². The molecule has 0 atom stereocenters. The Labute approximate surface area is 177 Å². The van der Waals surface area contributed by atoms with Crippen molar-refractivity contribution in [1.29, 1.82) is 0 Å². The largest absolute Gasteiger partial charge is 0.356 e. The van der Waals surface area contributed by atoms with Crippen molar-refractivity contribution >= 4 is 33.0 Å². The van der Waals surface area contributed by atoms with E-state index in [2.05, 4.69) is 10.6 Å². The fraction of sp³-hybridized carbons (Fsp3) is 0.174. The number of para-hydroxylation sites is 1. The molecular weight excluding hydrogens is 398 g/mol. The Hall–Kier alpha value is -3.16. The van der Waals surface area contributed by atoms with Crippen molar-refractivity contribution in [3.05, 3.63) is 83.9 Å². The smallest absolute Gasteiger partial charge is 0.243 e. The quantitative estimate of drug-likeness (QED) is 0.594. The van der Waals surface area contributed by atoms with E-state index in [4.69, 9.17) is 0 Å². The second-order valence-electron chi connectivity index (χ2n) is 7.12. The highest BCUT2D eigenvalue weighted by Crippen LogP contribution is 2.20. The normalized spacial score (nSPS) is 11.3. The van der Waals surface area contributed by atoms with Crippen LogP contribution in [0, 0.1) is 13.8 Å². The minimum absolute atomic E-state index is 0.178. The first kappa shape index (κ1) is 21.5. The molecule has 3 rings (SSSR count). The molecule has 0 aliphatic rings. The van der Waals surface area contributed by atoms with Crippen LogP contribution in [0.1, 0.15) is 11.1 Å². The molecule has 30 heavy (non-hydrogen) atoms. The standard InChI is InChI=1S/C23H25N3O3S/c1-17-9-14-22(15-18(17)2)30(28,29)26(3)16-23(27)25-21-12-10-20(11-13-21)24-19-7-5-4-6-8-19/h4-15,24H,16H2,1-3H3,(H,25,27). The van der Waals surface area contributed by atoms with E-state index >= 15 is 0 Å². The van der Waals surface area contributed by atoms with E-state index in [1.807, 2.05) is 56.3 Å². The molecule has 7 heteroatoms. The molecule has 0 radical (unpaired) electrons. The van der Waals surface area contributed by atoms with E-state index in [0.717, 1.165) is 26.8 Å². The molecule has 0 fully saturated rings. The summed E-state index contributed by atoms with van der Waals surface area (Å²) in [6.07, 6.45) is 0. The van der Waals surface area contributed by atoms with Gasteiger partial charge in [-0.2, -0.15) is 4.31 Å². The van der Waals surface area contributed by atoms with E-state index < -0.39 is 15.9 Å². The van der Waals surface area contributed by atoms with Crippen molar-refractivity contribution < 1.29 is 13.2 Å². The Bertz CT molecular complexity index is 1130. The van der Waals surface area contributed by atoms with Crippen LogP contribution in [0.2, 0.25) is 0 Å². The molecule has 0 aliphatic carbocycles. The lowest BCUT2D eigenvalue weighted by Gasteiger charge is -2.17. The van der Waals surface area contributed by atoms with E-state index in [9.17, 15) is 13.2 Å². The molecular formula is C23H25N3O3S. The third-order valence-electron chi connectivity index (χ3n) is 4.78. The maximum Gasteiger partial charge on any atom is 0.243 e. The van der Waals surface area contributed by atoms with Gasteiger partial charge in [-0.3, -0.25) is 4.79 Å². The van der Waals surface area contributed by atoms with Crippen molar-refractivity contribution in [2.24, 2.45) is 0 Å². The van der Waals surface area contributed by atoms with Crippen LogP contribution in [-0.4, -0.2) is 32.2 Å². The van der Waals surface area contributed by atoms with E-state index in [1.54, 1.807) is 30.3 Å². The molecule has 0 saturated heterocycles. The number of benzene rings is 3. The Morgan fingerprint density at radius 3 is 2.07 bits per heavy atom. The van der Waals surface area contributed by atoms with Crippen LogP contribution >= 0.6 is 0 Å². The number of likely N-dealkylation sites (N-methyl/N-ethyl adjacent to an activating group) is 1. The summed E-state index contributed by atoms with van der Waals surface area (Å²) in [6, 6.07) is 21.9. The minimum Gasteiger partial charge on any atom is -0.356 e. The zero-order valence-corrected chi connectivity index (χ0v) is 18.0. The number of amides is 1. The van der Waals surface area contributed by atoms with Crippen LogP contribution in [0.5, 0.6) is 0 Å². The molecule has 6 nitrogen and oxygen atoms in total. The number of sulfonamides is 1. The lowest BCUT2D eigenvalue weighted by molar-refractivity contribution is -0.116. The van der Waals surface area contributed by atoms with Crippen LogP contribution in [-0.2, 0) is 14.8 Å². The Morgan fingerprint density at radius 1 is 0.833 bits per heavy atom. The number of anilines is 3. The monoisotopic (exact) mass is 423 g/mol. The second kappa shape index (κ2) is 9.11. The molecule has 0 bridgehead atoms. The van der Waals surface area contributed by atoms with Gasteiger partial charge in [0.25, 0.3) is 0 Å². The molecule has 1 amide bonds. The van der Waals surface area contributed by atoms with Gasteiger partial charge in [0.2, 0.25) is 15.9 Å². The summed E-state index contributed by atoms with van der Waals surface area (Å²) >= 11 is 0. The van der Waals surface area contributed by atoms with Gasteiger partial charge in [-0.1, -0.05) is 24.3 Å². The number of carbonyl (C=O) groups excluding carboxylic acids is 1. The van der Waals surface area contributed by atoms with Gasteiger partial charge < -0.3 is 10.6 Å². The van der Waals surface area contributed by atoms with E-state index in [1.165, 1.54) is 7.05 Å². The van der Waals surface area contributed by atoms with Crippen LogP contribution in [0.3, 0.4) is 0 Å². The topological polar surface area (TPSA) is 78.5 Å². The lowest BCUT2D eigenvalue weighted by Crippen LogP contribution is -2.35. The molecule has 0 unspecified atom stereocenters. The molecule has 0 heterocycles. The molecule has 0 saturated carbocycles. The number of nitrogens with one attached hydrogen (secondary N) is 2. The van der Waals surface area contributed by atoms with Crippen LogP contribution in [0.25, 0.3) is 0 Å². The van der Waals surface area contributed by atoms with E-state index in [0.29, 0.717) is 5.69 Å². The molecule has 156 valence electrons. The summed E-state index contributed by atoms with van der Waals surface area (Å²) in [5.74, 6) is -0.409. The second-order valence-corrected chi connectivity index (χ2v) is 9.17. The van der Waals surface area contributed by atoms with Crippen molar-refractivity contribution in [2.75, 3.05) is 24.2 Å². The summed E-state index contributed by atoms with van der Waals surface area (Å²) in [7, 11) is -2.34. The highest BCUT2D eigenvalue weighted by molar-refractivity contribution is 7.89. The maximum absolute atomic E-state index is 12.7. The zero-order chi connectivity index (χ0) is 21.7. The summed E-state index contributed by atoms with van der Waals surface area (Å²) in [4.78, 5) is 12.5. The predicted octanol–water partition coefficient (Wildman–Crippen LogP) is 4.31. The zero-order valence-electron chi connectivity index (χ0n) is 17.2. The van der Waals surface area contributed by atoms with Crippen LogP contribution in [0.15, 0.2) is 77.7 Å². The van der Waals surface area contributed by atoms with Crippen molar-refractivity contribution in [1.82, 2.24) is 4.31 Å². The van der Waals surface area contributed by atoms with Gasteiger partial charge in [-0.15, -0.1) is 0 Å². The third-order valence-corrected chi connectivity index (χ3v) is 6.58. The predicted molar refractivity (Wildman–Crippen MR) is 121 cm³/mol. The summed E-state index contributed by atoms with van der Waals surface area (Å²) in [5, 5.41) is 6.00. The number of hydrogen-bond acceptors (Lipinski definition) is 4. The first-order valence-corrected chi connectivity index (χ1v) is 11.0. The fourth-order valence-corrected chi connectivity index (χ4v) is 4.08. The molecule has 3 aromatic carbocycles. The van der Waals surface area contributed by atoms with Gasteiger partial charge in [0, 0.05) is 24.1 Å². The molecule has 2 N–H and O–H groups in total. The van der Waals surface area contributed by atoms with Crippen molar-refractivity contribution in [3.63, 3.8) is 0 Å². The summed E-state index contributed by atoms with van der Waals surface area (Å²) < 4.78 is 26.5. The van der Waals surface area contributed by atoms with Crippen molar-refractivity contribution in [2.45, 2.75) is 18.7 Å². The summed E-state index contributed by atoms with van der Waals surface area (Å²) in [6.45, 7) is 3.50. The van der Waals surface area contributed by atoms with Gasteiger partial charge in [0.05, 0.1) is 11.4 Å². The Balaban J connectivity index is 1.61. The fourth-order valence-electron chi connectivity index (χ4n) is 2.87. The van der Waals surface area contributed by atoms with Gasteiger partial charge >= 0.3 is 0 Å². The number of carbonyl (C=O) groups is 1. The average Bonchev–Trinajstić information content (AvgIpc) is 2.72. The first-order valence-electron chi connectivity index (χ1n) is 9.51. The summed E-state index contributed by atoms with van der Waals surface area (Å²) in [5.41, 5.74) is 4.34. The van der Waals surface area contributed by atoms with Crippen molar-refractivity contribution in [3.8, 4) is 0 Å². The molecule has 0 aromatic heterocycles. The molecule has 3 aromatic rings. The number of hydrogen-bond donors (Lipinski definition) is 2. The molecule has 0 spiro atoms. The Kier molecular flexibility index (Phi) is 6.54. The van der Waals surface area contributed by atoms with E-state index in [-0.39, 0.29) is 11.4 Å².